The lowest BCUT2D eigenvalue weighted by Crippen LogP contribution is -2.25. The van der Waals surface area contributed by atoms with Crippen LogP contribution in [0.4, 0.5) is 10.1 Å². The van der Waals surface area contributed by atoms with Crippen molar-refractivity contribution >= 4 is 33.3 Å². The van der Waals surface area contributed by atoms with E-state index in [0.717, 1.165) is 22.9 Å². The largest absolute Gasteiger partial charge is 0.462 e. The maximum Gasteiger partial charge on any atom is 0.343 e. The van der Waals surface area contributed by atoms with Crippen LogP contribution in [0.2, 0.25) is 0 Å². The molecule has 0 radical (unpaired) electrons. The molecule has 9 heteroatoms. The summed E-state index contributed by atoms with van der Waals surface area (Å²) < 4.78 is 29.3. The minimum absolute atomic E-state index is 0.0558. The average Bonchev–Trinajstić information content (AvgIpc) is 3.43. The van der Waals surface area contributed by atoms with Crippen molar-refractivity contribution in [2.45, 2.75) is 19.3 Å². The SMILES string of the molecule is CCOC(=O)c1cn2c3c(c(N4CCC(c5cnccn5)C4)c(F)cc3c1=O)Oc1cc3ccccc3cc1-2. The quantitative estimate of drug-likeness (QED) is 0.289. The molecule has 8 nitrogen and oxygen atoms in total. The zero-order valence-corrected chi connectivity index (χ0v) is 21.1. The van der Waals surface area contributed by atoms with Crippen LogP contribution in [0.3, 0.4) is 0 Å². The number of aromatic nitrogens is 3. The van der Waals surface area contributed by atoms with Gasteiger partial charge in [0, 0.05) is 43.8 Å². The second kappa shape index (κ2) is 8.90. The van der Waals surface area contributed by atoms with Crippen LogP contribution in [-0.2, 0) is 4.74 Å². The first-order chi connectivity index (χ1) is 19.0. The van der Waals surface area contributed by atoms with Crippen LogP contribution in [-0.4, -0.2) is 40.2 Å². The third-order valence-electron chi connectivity index (χ3n) is 7.47. The van der Waals surface area contributed by atoms with E-state index >= 15 is 4.39 Å². The Hall–Kier alpha value is -4.79. The number of halogens is 1. The van der Waals surface area contributed by atoms with Gasteiger partial charge in [-0.2, -0.15) is 0 Å². The minimum atomic E-state index is -0.751. The van der Waals surface area contributed by atoms with Gasteiger partial charge in [-0.25, -0.2) is 9.18 Å². The molecule has 2 aliphatic rings. The van der Waals surface area contributed by atoms with Gasteiger partial charge < -0.3 is 18.9 Å². The Balaban J connectivity index is 1.47. The number of esters is 1. The summed E-state index contributed by atoms with van der Waals surface area (Å²) >= 11 is 0. The molecule has 194 valence electrons. The molecule has 3 aromatic carbocycles. The Labute approximate surface area is 222 Å². The summed E-state index contributed by atoms with van der Waals surface area (Å²) in [6.07, 6.45) is 7.27. The number of carbonyl (C=O) groups excluding carboxylic acids is 1. The molecule has 2 aromatic heterocycles. The molecule has 1 atom stereocenters. The number of rotatable bonds is 4. The maximum atomic E-state index is 16.0. The Morgan fingerprint density at radius 2 is 2.00 bits per heavy atom. The van der Waals surface area contributed by atoms with E-state index in [1.807, 2.05) is 41.3 Å². The van der Waals surface area contributed by atoms with Gasteiger partial charge in [0.15, 0.2) is 17.3 Å². The smallest absolute Gasteiger partial charge is 0.343 e. The molecule has 0 spiro atoms. The van der Waals surface area contributed by atoms with Crippen molar-refractivity contribution in [1.29, 1.82) is 0 Å². The van der Waals surface area contributed by atoms with Crippen molar-refractivity contribution < 1.29 is 18.7 Å². The molecule has 7 rings (SSSR count). The first-order valence-corrected chi connectivity index (χ1v) is 12.8. The van der Waals surface area contributed by atoms with Crippen molar-refractivity contribution in [3.63, 3.8) is 0 Å². The minimum Gasteiger partial charge on any atom is -0.462 e. The molecular weight excluding hydrogens is 499 g/mol. The van der Waals surface area contributed by atoms with Crippen LogP contribution in [0.5, 0.6) is 11.5 Å². The highest BCUT2D eigenvalue weighted by Gasteiger charge is 2.34. The summed E-state index contributed by atoms with van der Waals surface area (Å²) in [6, 6.07) is 12.9. The van der Waals surface area contributed by atoms with Crippen molar-refractivity contribution in [3.8, 4) is 17.2 Å². The van der Waals surface area contributed by atoms with Crippen LogP contribution in [0.15, 0.2) is 72.0 Å². The van der Waals surface area contributed by atoms with Crippen molar-refractivity contribution in [2.75, 3.05) is 24.6 Å². The lowest BCUT2D eigenvalue weighted by Gasteiger charge is -2.29. The number of carbonyl (C=O) groups is 1. The fourth-order valence-electron chi connectivity index (χ4n) is 5.67. The summed E-state index contributed by atoms with van der Waals surface area (Å²) in [4.78, 5) is 36.8. The third kappa shape index (κ3) is 3.64. The molecule has 39 heavy (non-hydrogen) atoms. The zero-order chi connectivity index (χ0) is 26.7. The highest BCUT2D eigenvalue weighted by Crippen LogP contribution is 2.48. The molecule has 2 aliphatic heterocycles. The van der Waals surface area contributed by atoms with E-state index in [2.05, 4.69) is 9.97 Å². The lowest BCUT2D eigenvalue weighted by molar-refractivity contribution is 0.0524. The molecule has 0 bridgehead atoms. The van der Waals surface area contributed by atoms with E-state index in [1.54, 1.807) is 30.1 Å². The number of pyridine rings is 1. The van der Waals surface area contributed by atoms with Crippen LogP contribution in [0.25, 0.3) is 27.4 Å². The molecular formula is C30H23FN4O4. The van der Waals surface area contributed by atoms with Gasteiger partial charge in [0.25, 0.3) is 0 Å². The monoisotopic (exact) mass is 522 g/mol. The van der Waals surface area contributed by atoms with Gasteiger partial charge in [-0.3, -0.25) is 14.8 Å². The van der Waals surface area contributed by atoms with Crippen LogP contribution in [0, 0.1) is 5.82 Å². The second-order valence-corrected chi connectivity index (χ2v) is 9.73. The lowest BCUT2D eigenvalue weighted by atomic mass is 10.0. The molecule has 4 heterocycles. The second-order valence-electron chi connectivity index (χ2n) is 9.73. The van der Waals surface area contributed by atoms with Gasteiger partial charge in [0.2, 0.25) is 5.43 Å². The number of fused-ring (bicyclic) bond motifs is 3. The van der Waals surface area contributed by atoms with E-state index in [9.17, 15) is 9.59 Å². The van der Waals surface area contributed by atoms with E-state index in [-0.39, 0.29) is 34.9 Å². The van der Waals surface area contributed by atoms with Crippen LogP contribution in [0.1, 0.15) is 35.3 Å². The van der Waals surface area contributed by atoms with Gasteiger partial charge in [-0.05, 0) is 42.3 Å². The third-order valence-corrected chi connectivity index (χ3v) is 7.47. The molecule has 0 amide bonds. The molecule has 1 fully saturated rings. The fraction of sp³-hybridized carbons (Fsp3) is 0.200. The molecule has 1 saturated heterocycles. The predicted octanol–water partition coefficient (Wildman–Crippen LogP) is 5.35. The Morgan fingerprint density at radius 1 is 1.18 bits per heavy atom. The van der Waals surface area contributed by atoms with Crippen molar-refractivity contribution in [2.24, 2.45) is 0 Å². The van der Waals surface area contributed by atoms with Gasteiger partial charge in [0.1, 0.15) is 16.8 Å². The van der Waals surface area contributed by atoms with Gasteiger partial charge in [0.05, 0.1) is 23.4 Å². The first kappa shape index (κ1) is 23.3. The summed E-state index contributed by atoms with van der Waals surface area (Å²) in [7, 11) is 0. The Morgan fingerprint density at radius 3 is 2.77 bits per heavy atom. The summed E-state index contributed by atoms with van der Waals surface area (Å²) in [5.74, 6) is -0.516. The standard InChI is InChI=1S/C30H23FN4O4/c1-2-38-30(37)21-16-35-24-11-17-5-3-4-6-18(17)12-25(24)39-29-26(35)20(28(21)36)13-22(31)27(29)34-10-7-19(15-34)23-14-32-8-9-33-23/h3-6,8-9,11-14,16,19H,2,7,10,15H2,1H3. The summed E-state index contributed by atoms with van der Waals surface area (Å²) in [5, 5.41) is 1.96. The van der Waals surface area contributed by atoms with Gasteiger partial charge in [-0.15, -0.1) is 0 Å². The van der Waals surface area contributed by atoms with E-state index in [0.29, 0.717) is 30.0 Å². The topological polar surface area (TPSA) is 86.5 Å². The zero-order valence-electron chi connectivity index (χ0n) is 21.1. The first-order valence-electron chi connectivity index (χ1n) is 12.8. The number of benzene rings is 3. The van der Waals surface area contributed by atoms with E-state index in [1.165, 1.54) is 12.3 Å². The van der Waals surface area contributed by atoms with Crippen molar-refractivity contribution in [1.82, 2.24) is 14.5 Å². The molecule has 0 saturated carbocycles. The summed E-state index contributed by atoms with van der Waals surface area (Å²) in [6.45, 7) is 2.88. The Kier molecular flexibility index (Phi) is 5.33. The normalized spacial score (nSPS) is 15.8. The number of nitrogens with zero attached hydrogens (tertiary/aromatic N) is 4. The number of ether oxygens (including phenoxy) is 2. The van der Waals surface area contributed by atoms with Gasteiger partial charge >= 0.3 is 5.97 Å². The van der Waals surface area contributed by atoms with Gasteiger partial charge in [-0.1, -0.05) is 24.3 Å². The predicted molar refractivity (Wildman–Crippen MR) is 145 cm³/mol. The number of hydrogen-bond donors (Lipinski definition) is 0. The highest BCUT2D eigenvalue weighted by molar-refractivity contribution is 6.00. The molecule has 5 aromatic rings. The molecule has 0 N–H and O–H groups in total. The number of hydrogen-bond acceptors (Lipinski definition) is 7. The molecule has 1 unspecified atom stereocenters. The average molecular weight is 523 g/mol. The van der Waals surface area contributed by atoms with E-state index < -0.39 is 17.2 Å². The number of anilines is 1. The van der Waals surface area contributed by atoms with E-state index in [4.69, 9.17) is 9.47 Å². The fourth-order valence-corrected chi connectivity index (χ4v) is 5.67. The van der Waals surface area contributed by atoms with Crippen molar-refractivity contribution in [3.05, 3.63) is 94.5 Å². The molecule has 0 aliphatic carbocycles. The van der Waals surface area contributed by atoms with Crippen LogP contribution >= 0.6 is 0 Å². The van der Waals surface area contributed by atoms with Crippen LogP contribution < -0.4 is 15.1 Å². The highest BCUT2D eigenvalue weighted by atomic mass is 19.1. The Bertz CT molecular complexity index is 1850. The summed E-state index contributed by atoms with van der Waals surface area (Å²) in [5.41, 5.74) is 1.43. The maximum absolute atomic E-state index is 16.0.